The molecule has 0 saturated heterocycles. The lowest BCUT2D eigenvalue weighted by molar-refractivity contribution is 0.265. The summed E-state index contributed by atoms with van der Waals surface area (Å²) in [6.45, 7) is 0.819. The van der Waals surface area contributed by atoms with E-state index in [0.29, 0.717) is 11.7 Å². The Balaban J connectivity index is 1.90. The number of tetrazole rings is 1. The maximum atomic E-state index is 13.1. The first-order chi connectivity index (χ1) is 8.74. The fourth-order valence-corrected chi connectivity index (χ4v) is 2.14. The van der Waals surface area contributed by atoms with E-state index in [2.05, 4.69) is 15.5 Å². The second-order valence-electron chi connectivity index (χ2n) is 4.72. The van der Waals surface area contributed by atoms with Crippen molar-refractivity contribution in [1.29, 1.82) is 0 Å². The number of nitrogen functional groups attached to an aromatic ring is 1. The van der Waals surface area contributed by atoms with Crippen LogP contribution in [-0.4, -0.2) is 20.2 Å². The van der Waals surface area contributed by atoms with E-state index in [1.807, 2.05) is 0 Å². The third-order valence-corrected chi connectivity index (χ3v) is 3.44. The van der Waals surface area contributed by atoms with Crippen LogP contribution >= 0.6 is 0 Å². The molecule has 0 unspecified atom stereocenters. The quantitative estimate of drug-likeness (QED) is 0.840. The number of nitrogens with zero attached hydrogens (tertiary/aromatic N) is 4. The fraction of sp³-hybridized carbons (Fsp3) is 0.417. The third-order valence-electron chi connectivity index (χ3n) is 3.44. The van der Waals surface area contributed by atoms with Crippen LogP contribution in [0.5, 0.6) is 0 Å². The molecule has 0 radical (unpaired) electrons. The smallest absolute Gasteiger partial charge is 0.182 e. The number of hydrogen-bond donors (Lipinski definition) is 1. The minimum atomic E-state index is -0.420. The van der Waals surface area contributed by atoms with Gasteiger partial charge < -0.3 is 5.73 Å². The monoisotopic (exact) mass is 247 g/mol. The Labute approximate surface area is 104 Å². The van der Waals surface area contributed by atoms with Crippen LogP contribution in [0.25, 0.3) is 11.4 Å². The summed E-state index contributed by atoms with van der Waals surface area (Å²) in [5, 5.41) is 11.7. The molecule has 0 bridgehead atoms. The van der Waals surface area contributed by atoms with Gasteiger partial charge in [0.2, 0.25) is 0 Å². The first-order valence-corrected chi connectivity index (χ1v) is 6.05. The molecule has 18 heavy (non-hydrogen) atoms. The van der Waals surface area contributed by atoms with Gasteiger partial charge in [0.05, 0.1) is 5.69 Å². The molecule has 0 spiro atoms. The highest BCUT2D eigenvalue weighted by atomic mass is 19.1. The molecule has 94 valence electrons. The topological polar surface area (TPSA) is 69.6 Å². The number of halogens is 1. The Hall–Kier alpha value is -1.98. The average Bonchev–Trinajstić information content (AvgIpc) is 2.75. The number of anilines is 1. The molecule has 1 heterocycles. The minimum absolute atomic E-state index is 0.116. The van der Waals surface area contributed by atoms with Gasteiger partial charge in [-0.3, -0.25) is 0 Å². The van der Waals surface area contributed by atoms with Crippen LogP contribution in [0, 0.1) is 11.7 Å². The second-order valence-corrected chi connectivity index (χ2v) is 4.72. The number of rotatable bonds is 3. The number of hydrogen-bond acceptors (Lipinski definition) is 4. The fourth-order valence-electron chi connectivity index (χ4n) is 2.14. The van der Waals surface area contributed by atoms with E-state index in [9.17, 15) is 4.39 Å². The normalized spacial score (nSPS) is 15.6. The van der Waals surface area contributed by atoms with E-state index in [1.54, 1.807) is 16.8 Å². The summed E-state index contributed by atoms with van der Waals surface area (Å²) in [4.78, 5) is 0. The molecular formula is C12H14FN5. The van der Waals surface area contributed by atoms with Gasteiger partial charge in [0.15, 0.2) is 5.82 Å². The lowest BCUT2D eigenvalue weighted by atomic mass is 9.85. The highest BCUT2D eigenvalue weighted by Gasteiger charge is 2.20. The molecule has 0 amide bonds. The molecule has 1 aliphatic rings. The van der Waals surface area contributed by atoms with Crippen LogP contribution in [0.15, 0.2) is 18.2 Å². The largest absolute Gasteiger partial charge is 0.396 e. The van der Waals surface area contributed by atoms with Gasteiger partial charge >= 0.3 is 0 Å². The SMILES string of the molecule is Nc1cc(-c2nnnn2CC2CCC2)ccc1F. The average molecular weight is 247 g/mol. The molecule has 6 heteroatoms. The number of nitrogens with two attached hydrogens (primary N) is 1. The summed E-state index contributed by atoms with van der Waals surface area (Å²) in [5.74, 6) is 0.885. The highest BCUT2D eigenvalue weighted by Crippen LogP contribution is 2.29. The maximum Gasteiger partial charge on any atom is 0.182 e. The molecular weight excluding hydrogens is 233 g/mol. The number of benzene rings is 1. The van der Waals surface area contributed by atoms with Gasteiger partial charge in [-0.05, 0) is 47.4 Å². The van der Waals surface area contributed by atoms with Gasteiger partial charge in [0, 0.05) is 12.1 Å². The van der Waals surface area contributed by atoms with Crippen LogP contribution in [0.2, 0.25) is 0 Å². The zero-order chi connectivity index (χ0) is 12.5. The van der Waals surface area contributed by atoms with Crippen molar-refractivity contribution >= 4 is 5.69 Å². The second kappa shape index (κ2) is 4.36. The van der Waals surface area contributed by atoms with E-state index >= 15 is 0 Å². The lowest BCUT2D eigenvalue weighted by Crippen LogP contribution is -2.19. The molecule has 3 rings (SSSR count). The lowest BCUT2D eigenvalue weighted by Gasteiger charge is -2.25. The van der Waals surface area contributed by atoms with Crippen LogP contribution in [0.4, 0.5) is 10.1 Å². The summed E-state index contributed by atoms with van der Waals surface area (Å²) in [6, 6.07) is 4.56. The number of aromatic nitrogens is 4. The Bertz CT molecular complexity index is 561. The van der Waals surface area contributed by atoms with Crippen LogP contribution in [-0.2, 0) is 6.54 Å². The predicted molar refractivity (Wildman–Crippen MR) is 65.0 cm³/mol. The van der Waals surface area contributed by atoms with E-state index in [4.69, 9.17) is 5.73 Å². The van der Waals surface area contributed by atoms with E-state index in [1.165, 1.54) is 25.3 Å². The molecule has 0 atom stereocenters. The van der Waals surface area contributed by atoms with Gasteiger partial charge in [-0.25, -0.2) is 9.07 Å². The Morgan fingerprint density at radius 1 is 1.39 bits per heavy atom. The van der Waals surface area contributed by atoms with E-state index in [0.717, 1.165) is 12.1 Å². The van der Waals surface area contributed by atoms with Crippen LogP contribution in [0.3, 0.4) is 0 Å². The van der Waals surface area contributed by atoms with Gasteiger partial charge in [0.1, 0.15) is 5.82 Å². The van der Waals surface area contributed by atoms with Crippen LogP contribution < -0.4 is 5.73 Å². The molecule has 2 aromatic rings. The Kier molecular flexibility index (Phi) is 2.70. The molecule has 0 aliphatic heterocycles. The molecule has 1 aromatic heterocycles. The van der Waals surface area contributed by atoms with Crippen molar-refractivity contribution in [3.05, 3.63) is 24.0 Å². The Morgan fingerprint density at radius 3 is 2.89 bits per heavy atom. The van der Waals surface area contributed by atoms with Gasteiger partial charge in [-0.15, -0.1) is 5.10 Å². The zero-order valence-corrected chi connectivity index (χ0v) is 9.88. The van der Waals surface area contributed by atoms with Crippen molar-refractivity contribution in [2.24, 2.45) is 5.92 Å². The summed E-state index contributed by atoms with van der Waals surface area (Å²) in [7, 11) is 0. The van der Waals surface area contributed by atoms with Crippen molar-refractivity contribution in [2.75, 3.05) is 5.73 Å². The molecule has 1 aromatic carbocycles. The minimum Gasteiger partial charge on any atom is -0.396 e. The van der Waals surface area contributed by atoms with Crippen molar-refractivity contribution < 1.29 is 4.39 Å². The first-order valence-electron chi connectivity index (χ1n) is 6.05. The summed E-state index contributed by atoms with van der Waals surface area (Å²) >= 11 is 0. The first kappa shape index (κ1) is 11.1. The van der Waals surface area contributed by atoms with Crippen molar-refractivity contribution in [1.82, 2.24) is 20.2 Å². The summed E-state index contributed by atoms with van der Waals surface area (Å²) in [6.07, 6.45) is 3.74. The molecule has 1 saturated carbocycles. The van der Waals surface area contributed by atoms with Crippen molar-refractivity contribution in [3.63, 3.8) is 0 Å². The predicted octanol–water partition coefficient (Wildman–Crippen LogP) is 1.86. The highest BCUT2D eigenvalue weighted by molar-refractivity contribution is 5.61. The standard InChI is InChI=1S/C12H14FN5/c13-10-5-4-9(6-11(10)14)12-15-16-17-18(12)7-8-2-1-3-8/h4-6,8H,1-3,7,14H2. The third kappa shape index (κ3) is 1.94. The summed E-state index contributed by atoms with van der Waals surface area (Å²) < 4.78 is 14.9. The van der Waals surface area contributed by atoms with Crippen LogP contribution in [0.1, 0.15) is 19.3 Å². The molecule has 5 nitrogen and oxygen atoms in total. The van der Waals surface area contributed by atoms with Crippen molar-refractivity contribution in [3.8, 4) is 11.4 Å². The molecule has 1 fully saturated rings. The van der Waals surface area contributed by atoms with Gasteiger partial charge in [-0.1, -0.05) is 6.42 Å². The van der Waals surface area contributed by atoms with E-state index < -0.39 is 5.82 Å². The summed E-state index contributed by atoms with van der Waals surface area (Å²) in [5.41, 5.74) is 6.43. The Morgan fingerprint density at radius 2 is 2.22 bits per heavy atom. The zero-order valence-electron chi connectivity index (χ0n) is 9.88. The molecule has 1 aliphatic carbocycles. The maximum absolute atomic E-state index is 13.1. The van der Waals surface area contributed by atoms with Crippen molar-refractivity contribution in [2.45, 2.75) is 25.8 Å². The van der Waals surface area contributed by atoms with Gasteiger partial charge in [-0.2, -0.15) is 0 Å². The van der Waals surface area contributed by atoms with Gasteiger partial charge in [0.25, 0.3) is 0 Å². The van der Waals surface area contributed by atoms with E-state index in [-0.39, 0.29) is 5.69 Å². The molecule has 2 N–H and O–H groups in total.